The number of hydrogen-bond acceptors (Lipinski definition) is 2. The lowest BCUT2D eigenvalue weighted by molar-refractivity contribution is 0.0997. The first-order valence-electron chi connectivity index (χ1n) is 9.85. The fourth-order valence-corrected chi connectivity index (χ4v) is 4.87. The molecule has 6 nitrogen and oxygen atoms in total. The topological polar surface area (TPSA) is 80.4 Å². The van der Waals surface area contributed by atoms with Crippen LogP contribution in [0.3, 0.4) is 0 Å². The summed E-state index contributed by atoms with van der Waals surface area (Å²) in [6.45, 7) is 1.61. The van der Waals surface area contributed by atoms with Crippen molar-refractivity contribution < 1.29 is 9.59 Å². The molecule has 1 aliphatic heterocycles. The highest BCUT2D eigenvalue weighted by Crippen LogP contribution is 2.47. The summed E-state index contributed by atoms with van der Waals surface area (Å²) in [6, 6.07) is 10.3. The molecule has 2 heterocycles. The van der Waals surface area contributed by atoms with Crippen LogP contribution >= 0.6 is 11.6 Å². The molecule has 7 heteroatoms. The van der Waals surface area contributed by atoms with Gasteiger partial charge in [-0.05, 0) is 24.8 Å². The summed E-state index contributed by atoms with van der Waals surface area (Å²) in [5.74, 6) is 0.281. The van der Waals surface area contributed by atoms with Crippen LogP contribution in [0.15, 0.2) is 30.3 Å². The largest absolute Gasteiger partial charge is 0.365 e. The van der Waals surface area contributed by atoms with Gasteiger partial charge in [0.25, 0.3) is 5.91 Å². The number of aromatic nitrogens is 1. The summed E-state index contributed by atoms with van der Waals surface area (Å²) in [4.78, 5) is 26.6. The molecule has 3 N–H and O–H groups in total. The van der Waals surface area contributed by atoms with Crippen molar-refractivity contribution in [2.75, 3.05) is 6.54 Å². The Labute approximate surface area is 168 Å². The van der Waals surface area contributed by atoms with Crippen LogP contribution in [0.2, 0.25) is 5.02 Å². The number of urea groups is 1. The third-order valence-electron chi connectivity index (χ3n) is 6.11. The second kappa shape index (κ2) is 6.55. The first kappa shape index (κ1) is 17.6. The number of carbonyl (C=O) groups is 2. The second-order valence-electron chi connectivity index (χ2n) is 8.04. The summed E-state index contributed by atoms with van der Waals surface area (Å²) in [5, 5.41) is 3.62. The number of fused-ring (bicyclic) bond motifs is 1. The van der Waals surface area contributed by atoms with E-state index in [9.17, 15) is 9.59 Å². The predicted octanol–water partition coefficient (Wildman–Crippen LogP) is 3.20. The van der Waals surface area contributed by atoms with E-state index >= 15 is 0 Å². The first-order valence-corrected chi connectivity index (χ1v) is 10.2. The van der Waals surface area contributed by atoms with Crippen molar-refractivity contribution in [1.82, 2.24) is 14.8 Å². The van der Waals surface area contributed by atoms with Gasteiger partial charge in [-0.25, -0.2) is 4.79 Å². The zero-order chi connectivity index (χ0) is 19.4. The average Bonchev–Trinajstić information content (AvgIpc) is 3.60. The van der Waals surface area contributed by atoms with Gasteiger partial charge in [-0.2, -0.15) is 0 Å². The van der Waals surface area contributed by atoms with Crippen molar-refractivity contribution in [2.45, 2.75) is 50.2 Å². The molecular weight excluding hydrogens is 376 g/mol. The number of nitrogens with zero attached hydrogens (tertiary/aromatic N) is 2. The molecule has 2 atom stereocenters. The fourth-order valence-electron chi connectivity index (χ4n) is 4.41. The van der Waals surface area contributed by atoms with Crippen LogP contribution in [0.1, 0.15) is 58.4 Å². The van der Waals surface area contributed by atoms with Crippen molar-refractivity contribution in [3.63, 3.8) is 0 Å². The van der Waals surface area contributed by atoms with Gasteiger partial charge in [0.05, 0.1) is 22.8 Å². The summed E-state index contributed by atoms with van der Waals surface area (Å²) in [7, 11) is 0. The van der Waals surface area contributed by atoms with Crippen molar-refractivity contribution in [3.8, 4) is 0 Å². The van der Waals surface area contributed by atoms with Crippen molar-refractivity contribution in [3.05, 3.63) is 57.9 Å². The summed E-state index contributed by atoms with van der Waals surface area (Å²) in [5.41, 5.74) is 9.06. The van der Waals surface area contributed by atoms with Gasteiger partial charge < -0.3 is 20.5 Å². The van der Waals surface area contributed by atoms with E-state index in [1.165, 1.54) is 5.56 Å². The fraction of sp³-hybridized carbons (Fsp3) is 0.429. The lowest BCUT2D eigenvalue weighted by atomic mass is 10.1. The minimum absolute atomic E-state index is 0.0876. The summed E-state index contributed by atoms with van der Waals surface area (Å²) >= 11 is 6.52. The van der Waals surface area contributed by atoms with Crippen LogP contribution in [0, 0.1) is 0 Å². The highest BCUT2D eigenvalue weighted by atomic mass is 35.5. The Balaban J connectivity index is 1.31. The van der Waals surface area contributed by atoms with Gasteiger partial charge in [0.15, 0.2) is 0 Å². The Bertz CT molecular complexity index is 951. The molecule has 146 valence electrons. The minimum atomic E-state index is -0.519. The monoisotopic (exact) mass is 398 g/mol. The average molecular weight is 399 g/mol. The van der Waals surface area contributed by atoms with Crippen molar-refractivity contribution in [1.29, 1.82) is 0 Å². The zero-order valence-corrected chi connectivity index (χ0v) is 16.3. The molecule has 28 heavy (non-hydrogen) atoms. The molecule has 0 bridgehead atoms. The number of carbonyl (C=O) groups excluding carboxylic acids is 2. The number of halogens is 1. The lowest BCUT2D eigenvalue weighted by Gasteiger charge is -2.30. The Morgan fingerprint density at radius 3 is 2.57 bits per heavy atom. The van der Waals surface area contributed by atoms with Gasteiger partial charge in [0, 0.05) is 36.7 Å². The number of hydrogen-bond donors (Lipinski definition) is 2. The van der Waals surface area contributed by atoms with E-state index in [4.69, 9.17) is 17.3 Å². The van der Waals surface area contributed by atoms with Gasteiger partial charge in [0.1, 0.15) is 0 Å². The third kappa shape index (κ3) is 2.96. The molecule has 2 aromatic rings. The van der Waals surface area contributed by atoms with E-state index in [2.05, 4.69) is 22.0 Å². The maximum Gasteiger partial charge on any atom is 0.318 e. The molecule has 1 aromatic carbocycles. The molecule has 2 saturated carbocycles. The van der Waals surface area contributed by atoms with Crippen LogP contribution in [-0.4, -0.2) is 34.0 Å². The molecule has 0 spiro atoms. The van der Waals surface area contributed by atoms with Gasteiger partial charge in [-0.15, -0.1) is 0 Å². The van der Waals surface area contributed by atoms with E-state index in [0.29, 0.717) is 42.1 Å². The molecule has 0 radical (unpaired) electrons. The van der Waals surface area contributed by atoms with Gasteiger partial charge in [-0.1, -0.05) is 41.9 Å². The molecule has 2 fully saturated rings. The van der Waals surface area contributed by atoms with Gasteiger partial charge in [0.2, 0.25) is 0 Å². The number of primary amides is 1. The van der Waals surface area contributed by atoms with Crippen LogP contribution < -0.4 is 11.1 Å². The normalized spacial score (nSPS) is 23.2. The van der Waals surface area contributed by atoms with Gasteiger partial charge in [-0.3, -0.25) is 4.79 Å². The van der Waals surface area contributed by atoms with Crippen LogP contribution in [0.4, 0.5) is 4.79 Å². The standard InChI is InChI=1S/C21H23ClN4O2/c22-18-17(20(23)27)16-11-25(8-9-26(16)19(18)13-6-7-13)21(28)24-15-10-14(15)12-4-2-1-3-5-12/h1-5,13-15H,6-11H2,(H2,23,27)(H,24,28). The number of rotatable bonds is 4. The Morgan fingerprint density at radius 1 is 1.14 bits per heavy atom. The molecular formula is C21H23ClN4O2. The smallest absolute Gasteiger partial charge is 0.318 e. The molecule has 5 rings (SSSR count). The Kier molecular flexibility index (Phi) is 4.12. The molecule has 0 saturated heterocycles. The highest BCUT2D eigenvalue weighted by molar-refractivity contribution is 6.35. The van der Waals surface area contributed by atoms with Crippen molar-refractivity contribution in [2.24, 2.45) is 5.73 Å². The number of amides is 3. The Hall–Kier alpha value is -2.47. The molecule has 2 aliphatic carbocycles. The van der Waals surface area contributed by atoms with Crippen molar-refractivity contribution >= 4 is 23.5 Å². The maximum absolute atomic E-state index is 12.8. The third-order valence-corrected chi connectivity index (χ3v) is 6.49. The molecule has 3 aliphatic rings. The van der Waals surface area contributed by atoms with E-state index < -0.39 is 5.91 Å². The molecule has 3 amide bonds. The maximum atomic E-state index is 12.8. The van der Waals surface area contributed by atoms with Gasteiger partial charge >= 0.3 is 6.03 Å². The summed E-state index contributed by atoms with van der Waals surface area (Å²) in [6.07, 6.45) is 3.15. The van der Waals surface area contributed by atoms with Crippen LogP contribution in [0.25, 0.3) is 0 Å². The van der Waals surface area contributed by atoms with E-state index in [1.54, 1.807) is 4.90 Å². The second-order valence-corrected chi connectivity index (χ2v) is 8.42. The quantitative estimate of drug-likeness (QED) is 0.829. The van der Waals surface area contributed by atoms with E-state index in [1.807, 2.05) is 18.2 Å². The number of nitrogens with two attached hydrogens (primary N) is 1. The number of benzene rings is 1. The Morgan fingerprint density at radius 2 is 1.89 bits per heavy atom. The van der Waals surface area contributed by atoms with E-state index in [-0.39, 0.29) is 12.1 Å². The van der Waals surface area contributed by atoms with Crippen LogP contribution in [-0.2, 0) is 13.1 Å². The highest BCUT2D eigenvalue weighted by Gasteiger charge is 2.41. The number of nitrogens with one attached hydrogen (secondary N) is 1. The molecule has 2 unspecified atom stereocenters. The van der Waals surface area contributed by atoms with Crippen LogP contribution in [0.5, 0.6) is 0 Å². The predicted molar refractivity (Wildman–Crippen MR) is 106 cm³/mol. The summed E-state index contributed by atoms with van der Waals surface area (Å²) < 4.78 is 2.12. The first-order chi connectivity index (χ1) is 13.5. The molecule has 1 aromatic heterocycles. The minimum Gasteiger partial charge on any atom is -0.365 e. The van der Waals surface area contributed by atoms with E-state index in [0.717, 1.165) is 30.7 Å². The SMILES string of the molecule is NC(=O)c1c(Cl)c(C2CC2)n2c1CN(C(=O)NC1CC1c1ccccc1)CC2. The zero-order valence-electron chi connectivity index (χ0n) is 15.5. The lowest BCUT2D eigenvalue weighted by Crippen LogP contribution is -2.45.